The topological polar surface area (TPSA) is 27.8 Å². The maximum atomic E-state index is 5.96. The summed E-state index contributed by atoms with van der Waals surface area (Å²) in [7, 11) is 0. The van der Waals surface area contributed by atoms with E-state index >= 15 is 0 Å². The van der Waals surface area contributed by atoms with Crippen LogP contribution in [0.3, 0.4) is 0 Å². The zero-order valence-corrected chi connectivity index (χ0v) is 11.5. The van der Waals surface area contributed by atoms with Crippen molar-refractivity contribution in [3.05, 3.63) is 64.8 Å². The van der Waals surface area contributed by atoms with Gasteiger partial charge >= 0.3 is 0 Å². The number of para-hydroxylation sites is 1. The molecule has 0 unspecified atom stereocenters. The molecule has 0 atom stereocenters. The third-order valence-corrected chi connectivity index (χ3v) is 3.57. The number of aromatic amines is 1. The smallest absolute Gasteiger partial charge is 0.0457 e. The minimum Gasteiger partial charge on any atom is -0.381 e. The molecular formula is C16H15ClN2. The fourth-order valence-corrected chi connectivity index (χ4v) is 2.52. The number of hydrogen-bond acceptors (Lipinski definition) is 1. The summed E-state index contributed by atoms with van der Waals surface area (Å²) in [6.07, 6.45) is 2.06. The van der Waals surface area contributed by atoms with Crippen LogP contribution in [0.2, 0.25) is 5.02 Å². The second-order valence-corrected chi connectivity index (χ2v) is 5.11. The predicted octanol–water partition coefficient (Wildman–Crippen LogP) is 4.74. The summed E-state index contributed by atoms with van der Waals surface area (Å²) in [4.78, 5) is 3.29. The molecule has 2 nitrogen and oxygen atoms in total. The SMILES string of the molecule is Cc1cc(Cl)ccc1NCc1c[nH]c2ccccc12. The average molecular weight is 271 g/mol. The number of halogens is 1. The second kappa shape index (κ2) is 4.98. The monoisotopic (exact) mass is 270 g/mol. The van der Waals surface area contributed by atoms with Gasteiger partial charge in [0, 0.05) is 34.4 Å². The lowest BCUT2D eigenvalue weighted by Gasteiger charge is -2.09. The van der Waals surface area contributed by atoms with Crippen LogP contribution in [-0.2, 0) is 6.54 Å². The summed E-state index contributed by atoms with van der Waals surface area (Å²) in [5.41, 5.74) is 4.72. The number of H-pyrrole nitrogens is 1. The van der Waals surface area contributed by atoms with Gasteiger partial charge in [0.2, 0.25) is 0 Å². The molecule has 1 aromatic heterocycles. The highest BCUT2D eigenvalue weighted by Gasteiger charge is 2.03. The van der Waals surface area contributed by atoms with E-state index in [0.717, 1.165) is 22.8 Å². The van der Waals surface area contributed by atoms with Gasteiger partial charge in [-0.15, -0.1) is 0 Å². The van der Waals surface area contributed by atoms with Crippen LogP contribution in [0.25, 0.3) is 10.9 Å². The van der Waals surface area contributed by atoms with Gasteiger partial charge in [-0.05, 0) is 42.3 Å². The van der Waals surface area contributed by atoms with E-state index in [0.29, 0.717) is 0 Å². The van der Waals surface area contributed by atoms with Crippen molar-refractivity contribution in [1.29, 1.82) is 0 Å². The van der Waals surface area contributed by atoms with E-state index in [-0.39, 0.29) is 0 Å². The Morgan fingerprint density at radius 1 is 1.16 bits per heavy atom. The Kier molecular flexibility index (Phi) is 3.18. The first kappa shape index (κ1) is 12.1. The number of rotatable bonds is 3. The summed E-state index contributed by atoms with van der Waals surface area (Å²) >= 11 is 5.96. The van der Waals surface area contributed by atoms with E-state index < -0.39 is 0 Å². The molecule has 0 amide bonds. The minimum atomic E-state index is 0.773. The van der Waals surface area contributed by atoms with E-state index in [1.165, 1.54) is 16.5 Å². The van der Waals surface area contributed by atoms with Crippen LogP contribution < -0.4 is 5.32 Å². The zero-order valence-electron chi connectivity index (χ0n) is 10.7. The molecule has 2 aromatic carbocycles. The molecule has 0 saturated carbocycles. The molecule has 0 fully saturated rings. The Hall–Kier alpha value is -1.93. The lowest BCUT2D eigenvalue weighted by atomic mass is 10.1. The van der Waals surface area contributed by atoms with Crippen molar-refractivity contribution in [3.63, 3.8) is 0 Å². The molecule has 0 aliphatic rings. The van der Waals surface area contributed by atoms with Gasteiger partial charge in [0.1, 0.15) is 0 Å². The van der Waals surface area contributed by atoms with Gasteiger partial charge < -0.3 is 10.3 Å². The van der Waals surface area contributed by atoms with Gasteiger partial charge in [-0.2, -0.15) is 0 Å². The van der Waals surface area contributed by atoms with Gasteiger partial charge in [-0.3, -0.25) is 0 Å². The summed E-state index contributed by atoms with van der Waals surface area (Å²) in [6.45, 7) is 2.86. The van der Waals surface area contributed by atoms with Gasteiger partial charge in [-0.1, -0.05) is 29.8 Å². The molecule has 0 saturated heterocycles. The Morgan fingerprint density at radius 3 is 2.84 bits per heavy atom. The van der Waals surface area contributed by atoms with Crippen molar-refractivity contribution in [3.8, 4) is 0 Å². The van der Waals surface area contributed by atoms with Gasteiger partial charge in [0.25, 0.3) is 0 Å². The first-order valence-electron chi connectivity index (χ1n) is 6.29. The molecule has 19 heavy (non-hydrogen) atoms. The maximum absolute atomic E-state index is 5.96. The summed E-state index contributed by atoms with van der Waals surface area (Å²) in [5.74, 6) is 0. The van der Waals surface area contributed by atoms with Crippen molar-refractivity contribution in [1.82, 2.24) is 4.98 Å². The van der Waals surface area contributed by atoms with Crippen LogP contribution >= 0.6 is 11.6 Å². The lowest BCUT2D eigenvalue weighted by molar-refractivity contribution is 1.15. The van der Waals surface area contributed by atoms with Crippen molar-refractivity contribution in [2.75, 3.05) is 5.32 Å². The normalized spacial score (nSPS) is 10.8. The highest BCUT2D eigenvalue weighted by molar-refractivity contribution is 6.30. The maximum Gasteiger partial charge on any atom is 0.0457 e. The summed E-state index contributed by atoms with van der Waals surface area (Å²) in [6, 6.07) is 14.2. The largest absolute Gasteiger partial charge is 0.381 e. The number of benzene rings is 2. The number of anilines is 1. The van der Waals surface area contributed by atoms with Crippen LogP contribution in [0.1, 0.15) is 11.1 Å². The minimum absolute atomic E-state index is 0.773. The quantitative estimate of drug-likeness (QED) is 0.707. The second-order valence-electron chi connectivity index (χ2n) is 4.67. The molecular weight excluding hydrogens is 256 g/mol. The standard InChI is InChI=1S/C16H15ClN2/c1-11-8-13(17)6-7-15(11)18-9-12-10-19-16-5-3-2-4-14(12)16/h2-8,10,18-19H,9H2,1H3. The number of nitrogens with one attached hydrogen (secondary N) is 2. The Balaban J connectivity index is 1.82. The number of aryl methyl sites for hydroxylation is 1. The summed E-state index contributed by atoms with van der Waals surface area (Å²) in [5, 5.41) is 5.49. The Bertz CT molecular complexity index is 716. The predicted molar refractivity (Wildman–Crippen MR) is 81.8 cm³/mol. The van der Waals surface area contributed by atoms with Crippen LogP contribution in [0.15, 0.2) is 48.7 Å². The molecule has 0 spiro atoms. The average Bonchev–Trinajstić information content (AvgIpc) is 2.81. The molecule has 0 aliphatic heterocycles. The van der Waals surface area contributed by atoms with Crippen LogP contribution in [0, 0.1) is 6.92 Å². The molecule has 96 valence electrons. The molecule has 0 radical (unpaired) electrons. The van der Waals surface area contributed by atoms with E-state index in [9.17, 15) is 0 Å². The van der Waals surface area contributed by atoms with E-state index in [1.54, 1.807) is 0 Å². The third-order valence-electron chi connectivity index (χ3n) is 3.33. The molecule has 0 aliphatic carbocycles. The van der Waals surface area contributed by atoms with E-state index in [2.05, 4.69) is 41.6 Å². The molecule has 0 bridgehead atoms. The van der Waals surface area contributed by atoms with Crippen molar-refractivity contribution < 1.29 is 0 Å². The van der Waals surface area contributed by atoms with Gasteiger partial charge in [0.05, 0.1) is 0 Å². The van der Waals surface area contributed by atoms with Crippen molar-refractivity contribution in [2.45, 2.75) is 13.5 Å². The van der Waals surface area contributed by atoms with E-state index in [4.69, 9.17) is 11.6 Å². The third kappa shape index (κ3) is 2.45. The van der Waals surface area contributed by atoms with Gasteiger partial charge in [-0.25, -0.2) is 0 Å². The summed E-state index contributed by atoms with van der Waals surface area (Å²) < 4.78 is 0. The molecule has 3 aromatic rings. The fourth-order valence-electron chi connectivity index (χ4n) is 2.29. The van der Waals surface area contributed by atoms with Crippen LogP contribution in [0.4, 0.5) is 5.69 Å². The van der Waals surface area contributed by atoms with Crippen molar-refractivity contribution >= 4 is 28.2 Å². The number of hydrogen-bond donors (Lipinski definition) is 2. The lowest BCUT2D eigenvalue weighted by Crippen LogP contribution is -2.00. The highest BCUT2D eigenvalue weighted by Crippen LogP contribution is 2.22. The molecule has 1 heterocycles. The highest BCUT2D eigenvalue weighted by atomic mass is 35.5. The molecule has 2 N–H and O–H groups in total. The van der Waals surface area contributed by atoms with Crippen molar-refractivity contribution in [2.24, 2.45) is 0 Å². The first-order chi connectivity index (χ1) is 9.24. The van der Waals surface area contributed by atoms with Gasteiger partial charge in [0.15, 0.2) is 0 Å². The number of fused-ring (bicyclic) bond motifs is 1. The Morgan fingerprint density at radius 2 is 2.00 bits per heavy atom. The number of aromatic nitrogens is 1. The van der Waals surface area contributed by atoms with Crippen LogP contribution in [-0.4, -0.2) is 4.98 Å². The van der Waals surface area contributed by atoms with Crippen LogP contribution in [0.5, 0.6) is 0 Å². The zero-order chi connectivity index (χ0) is 13.2. The Labute approximate surface area is 117 Å². The molecule has 3 heteroatoms. The molecule has 3 rings (SSSR count). The first-order valence-corrected chi connectivity index (χ1v) is 6.67. The van der Waals surface area contributed by atoms with E-state index in [1.807, 2.05) is 24.3 Å². The fraction of sp³-hybridized carbons (Fsp3) is 0.125.